The first-order valence-electron chi connectivity index (χ1n) is 3.94. The maximum Gasteiger partial charge on any atom is 0.525 e. The molecule has 0 saturated carbocycles. The van der Waals surface area contributed by atoms with Crippen molar-refractivity contribution in [2.45, 2.75) is 27.1 Å². The number of esters is 1. The van der Waals surface area contributed by atoms with Crippen molar-refractivity contribution in [1.29, 1.82) is 0 Å². The fourth-order valence-corrected chi connectivity index (χ4v) is 1.42. The van der Waals surface area contributed by atoms with E-state index in [4.69, 9.17) is 20.0 Å². The van der Waals surface area contributed by atoms with E-state index in [-0.39, 0.29) is 14.9 Å². The smallest absolute Gasteiger partial charge is 0.505 e. The van der Waals surface area contributed by atoms with Crippen molar-refractivity contribution in [3.05, 3.63) is 11.5 Å². The Morgan fingerprint density at radius 2 is 1.89 bits per heavy atom. The zero-order valence-corrected chi connectivity index (χ0v) is 8.57. The lowest BCUT2D eigenvalue weighted by atomic mass is 10.2. The van der Waals surface area contributed by atoms with Gasteiger partial charge in [-0.25, -0.2) is 9.36 Å². The topological polar surface area (TPSA) is 154 Å². The molecule has 0 aromatic rings. The molecule has 108 valence electrons. The van der Waals surface area contributed by atoms with Crippen molar-refractivity contribution in [3.63, 3.8) is 0 Å². The molecule has 5 N–H and O–H groups in total. The van der Waals surface area contributed by atoms with Crippen LogP contribution in [0.5, 0.6) is 0 Å². The number of cyclic esters (lactones) is 1. The van der Waals surface area contributed by atoms with E-state index in [0.29, 0.717) is 0 Å². The van der Waals surface area contributed by atoms with Crippen molar-refractivity contribution < 1.29 is 43.7 Å². The summed E-state index contributed by atoms with van der Waals surface area (Å²) in [6.07, 6.45) is -3.21. The molecule has 0 saturated heterocycles. The summed E-state index contributed by atoms with van der Waals surface area (Å²) in [5.41, 5.74) is 0. The molecule has 1 rings (SSSR count). The second kappa shape index (κ2) is 6.72. The van der Waals surface area contributed by atoms with E-state index in [2.05, 4.69) is 9.26 Å². The van der Waals surface area contributed by atoms with E-state index < -0.39 is 44.1 Å². The SMILES string of the molecule is C.C.O=C1OC(C(O)CO)C(O)=C1OP(=O)(O)O. The maximum absolute atomic E-state index is 11.0. The van der Waals surface area contributed by atoms with Gasteiger partial charge in [0.1, 0.15) is 6.10 Å². The Kier molecular flexibility index (Phi) is 7.17. The van der Waals surface area contributed by atoms with Gasteiger partial charge in [-0.1, -0.05) is 14.9 Å². The summed E-state index contributed by atoms with van der Waals surface area (Å²) in [7, 11) is -5.02. The van der Waals surface area contributed by atoms with Gasteiger partial charge in [0, 0.05) is 0 Å². The van der Waals surface area contributed by atoms with Gasteiger partial charge in [0.15, 0.2) is 11.9 Å². The average Bonchev–Trinajstić information content (AvgIpc) is 2.42. The molecule has 0 bridgehead atoms. The number of phosphoric ester groups is 1. The van der Waals surface area contributed by atoms with E-state index in [1.54, 1.807) is 0 Å². The Morgan fingerprint density at radius 1 is 1.39 bits per heavy atom. The highest BCUT2D eigenvalue weighted by atomic mass is 31.2. The summed E-state index contributed by atoms with van der Waals surface area (Å²) >= 11 is 0. The van der Waals surface area contributed by atoms with E-state index >= 15 is 0 Å². The monoisotopic (exact) mass is 288 g/mol. The van der Waals surface area contributed by atoms with Gasteiger partial charge >= 0.3 is 13.8 Å². The summed E-state index contributed by atoms with van der Waals surface area (Å²) < 4.78 is 18.7. The Balaban J connectivity index is 0. The van der Waals surface area contributed by atoms with Crippen molar-refractivity contribution in [3.8, 4) is 0 Å². The Bertz CT molecular complexity index is 371. The van der Waals surface area contributed by atoms with Crippen LogP contribution < -0.4 is 0 Å². The number of ether oxygens (including phenoxy) is 1. The average molecular weight is 288 g/mol. The highest BCUT2D eigenvalue weighted by molar-refractivity contribution is 7.46. The number of rotatable bonds is 4. The molecular weight excluding hydrogens is 271 g/mol. The highest BCUT2D eigenvalue weighted by Gasteiger charge is 2.42. The predicted molar refractivity (Wildman–Crippen MR) is 59.2 cm³/mol. The van der Waals surface area contributed by atoms with Crippen molar-refractivity contribution >= 4 is 13.8 Å². The number of aliphatic hydroxyl groups is 3. The minimum absolute atomic E-state index is 0. The van der Waals surface area contributed by atoms with Gasteiger partial charge in [0.2, 0.25) is 0 Å². The lowest BCUT2D eigenvalue weighted by Crippen LogP contribution is -2.31. The van der Waals surface area contributed by atoms with Gasteiger partial charge in [0.05, 0.1) is 6.61 Å². The molecule has 2 atom stereocenters. The zero-order valence-electron chi connectivity index (χ0n) is 7.68. The minimum atomic E-state index is -5.02. The zero-order chi connectivity index (χ0) is 12.5. The molecule has 0 aliphatic carbocycles. The normalized spacial score (nSPS) is 20.7. The molecule has 2 unspecified atom stereocenters. The molecule has 0 fully saturated rings. The van der Waals surface area contributed by atoms with E-state index in [1.807, 2.05) is 0 Å². The van der Waals surface area contributed by atoms with Gasteiger partial charge in [-0.05, 0) is 0 Å². The van der Waals surface area contributed by atoms with Crippen LogP contribution in [0.4, 0.5) is 0 Å². The fraction of sp³-hybridized carbons (Fsp3) is 0.625. The van der Waals surface area contributed by atoms with Crippen LogP contribution in [0.25, 0.3) is 0 Å². The molecule has 0 radical (unpaired) electrons. The van der Waals surface area contributed by atoms with Crippen LogP contribution in [0.1, 0.15) is 14.9 Å². The fourth-order valence-electron chi connectivity index (χ4n) is 1.02. The van der Waals surface area contributed by atoms with Crippen molar-refractivity contribution in [2.24, 2.45) is 0 Å². The lowest BCUT2D eigenvalue weighted by molar-refractivity contribution is -0.147. The summed E-state index contributed by atoms with van der Waals surface area (Å²) in [6, 6.07) is 0. The van der Waals surface area contributed by atoms with Gasteiger partial charge in [-0.15, -0.1) is 0 Å². The van der Waals surface area contributed by atoms with Crippen LogP contribution in [0.3, 0.4) is 0 Å². The third kappa shape index (κ3) is 4.28. The van der Waals surface area contributed by atoms with E-state index in [1.165, 1.54) is 0 Å². The number of hydrogen-bond acceptors (Lipinski definition) is 7. The van der Waals surface area contributed by atoms with Crippen molar-refractivity contribution in [2.75, 3.05) is 6.61 Å². The molecule has 0 aromatic carbocycles. The molecule has 1 aliphatic rings. The number of phosphoric acid groups is 1. The second-order valence-corrected chi connectivity index (χ2v) is 4.04. The summed E-state index contributed by atoms with van der Waals surface area (Å²) in [5, 5.41) is 26.9. The first-order chi connectivity index (χ1) is 7.26. The predicted octanol–water partition coefficient (Wildman–Crippen LogP) is -0.584. The summed E-state index contributed by atoms with van der Waals surface area (Å²) in [6.45, 7) is -0.814. The third-order valence-electron chi connectivity index (χ3n) is 1.67. The van der Waals surface area contributed by atoms with Gasteiger partial charge in [0.25, 0.3) is 5.76 Å². The third-order valence-corrected chi connectivity index (χ3v) is 2.09. The second-order valence-electron chi connectivity index (χ2n) is 2.87. The summed E-state index contributed by atoms with van der Waals surface area (Å²) in [4.78, 5) is 27.8. The van der Waals surface area contributed by atoms with Gasteiger partial charge < -0.3 is 24.6 Å². The molecule has 1 heterocycles. The highest BCUT2D eigenvalue weighted by Crippen LogP contribution is 2.42. The van der Waals surface area contributed by atoms with Gasteiger partial charge in [-0.2, -0.15) is 0 Å². The Labute approximate surface area is 104 Å². The number of carbonyl (C=O) groups is 1. The number of carbonyl (C=O) groups excluding carboxylic acids is 1. The Hall–Kier alpha value is -1.12. The molecule has 18 heavy (non-hydrogen) atoms. The molecule has 10 heteroatoms. The minimum Gasteiger partial charge on any atom is -0.505 e. The summed E-state index contributed by atoms with van der Waals surface area (Å²) in [5.74, 6) is -3.39. The first-order valence-corrected chi connectivity index (χ1v) is 5.47. The van der Waals surface area contributed by atoms with E-state index in [0.717, 1.165) is 0 Å². The van der Waals surface area contributed by atoms with Crippen LogP contribution in [-0.4, -0.2) is 49.9 Å². The molecule has 9 nitrogen and oxygen atoms in total. The van der Waals surface area contributed by atoms with Crippen LogP contribution in [0.15, 0.2) is 11.5 Å². The van der Waals surface area contributed by atoms with Gasteiger partial charge in [-0.3, -0.25) is 9.79 Å². The van der Waals surface area contributed by atoms with Crippen LogP contribution in [0, 0.1) is 0 Å². The largest absolute Gasteiger partial charge is 0.525 e. The number of aliphatic hydroxyl groups excluding tert-OH is 3. The molecule has 0 aromatic heterocycles. The molecule has 1 aliphatic heterocycles. The maximum atomic E-state index is 11.0. The van der Waals surface area contributed by atoms with Crippen LogP contribution in [-0.2, 0) is 18.6 Å². The lowest BCUT2D eigenvalue weighted by Gasteiger charge is -2.13. The molecule has 0 amide bonds. The van der Waals surface area contributed by atoms with Crippen molar-refractivity contribution in [1.82, 2.24) is 0 Å². The van der Waals surface area contributed by atoms with Crippen LogP contribution in [0.2, 0.25) is 0 Å². The first kappa shape index (κ1) is 19.2. The quantitative estimate of drug-likeness (QED) is 0.337. The van der Waals surface area contributed by atoms with Crippen LogP contribution >= 0.6 is 7.82 Å². The van der Waals surface area contributed by atoms with E-state index in [9.17, 15) is 14.5 Å². The molecule has 0 spiro atoms. The number of hydrogen-bond donors (Lipinski definition) is 5. The standard InChI is InChI=1S/C6H9O9P.2CH4/c7-1-2(8)4-3(9)5(6(10)14-4)15-16(11,12)13;;/h2,4,7-9H,1H2,(H2,11,12,13);2*1H4. The molecular formula is C8H17O9P. The Morgan fingerprint density at radius 3 is 2.28 bits per heavy atom.